The van der Waals surface area contributed by atoms with Crippen molar-refractivity contribution in [3.05, 3.63) is 84.0 Å². The Morgan fingerprint density at radius 2 is 1.60 bits per heavy atom. The van der Waals surface area contributed by atoms with Gasteiger partial charge in [0.1, 0.15) is 6.29 Å². The van der Waals surface area contributed by atoms with E-state index in [0.29, 0.717) is 25.4 Å². The van der Waals surface area contributed by atoms with Crippen LogP contribution in [0.4, 0.5) is 0 Å². The van der Waals surface area contributed by atoms with Crippen LogP contribution in [0.3, 0.4) is 0 Å². The van der Waals surface area contributed by atoms with Crippen LogP contribution < -0.4 is 10.4 Å². The molecule has 0 aromatic heterocycles. The summed E-state index contributed by atoms with van der Waals surface area (Å²) in [5, 5.41) is 2.38. The number of aldehydes is 1. The van der Waals surface area contributed by atoms with Gasteiger partial charge < -0.3 is 14.0 Å². The monoisotopic (exact) mass is 586 g/mol. The molecule has 4 nitrogen and oxygen atoms in total. The highest BCUT2D eigenvalue weighted by molar-refractivity contribution is 6.99. The van der Waals surface area contributed by atoms with E-state index in [4.69, 9.17) is 9.16 Å². The van der Waals surface area contributed by atoms with E-state index in [1.165, 1.54) is 28.6 Å². The molecule has 1 saturated carbocycles. The highest BCUT2D eigenvalue weighted by Gasteiger charge is 2.58. The molecule has 3 atom stereocenters. The summed E-state index contributed by atoms with van der Waals surface area (Å²) < 4.78 is 12.5. The molecule has 0 heterocycles. The van der Waals surface area contributed by atoms with Gasteiger partial charge in [0.2, 0.25) is 0 Å². The largest absolute Gasteiger partial charge is 0.468 e. The molecule has 5 heteroatoms. The quantitative estimate of drug-likeness (QED) is 0.119. The molecule has 0 N–H and O–H groups in total. The van der Waals surface area contributed by atoms with Gasteiger partial charge in [-0.25, -0.2) is 0 Å². The number of allylic oxidation sites excluding steroid dienone is 1. The van der Waals surface area contributed by atoms with Gasteiger partial charge >= 0.3 is 5.97 Å². The Hall–Kier alpha value is -2.76. The maximum absolute atomic E-state index is 13.3. The lowest BCUT2D eigenvalue weighted by Gasteiger charge is -2.48. The number of carbonyl (C=O) groups excluding carboxylic acids is 2. The Bertz CT molecular complexity index is 1270. The van der Waals surface area contributed by atoms with Gasteiger partial charge in [-0.15, -0.1) is 0 Å². The van der Waals surface area contributed by atoms with E-state index in [1.54, 1.807) is 0 Å². The fraction of sp³-hybridized carbons (Fsp3) is 0.514. The van der Waals surface area contributed by atoms with E-state index in [0.717, 1.165) is 37.5 Å². The average molecular weight is 587 g/mol. The number of methoxy groups -OCH3 is 1. The fourth-order valence-electron chi connectivity index (χ4n) is 7.85. The highest BCUT2D eigenvalue weighted by atomic mass is 28.4. The third-order valence-electron chi connectivity index (χ3n) is 10.2. The summed E-state index contributed by atoms with van der Waals surface area (Å²) in [6.07, 6.45) is 5.69. The first-order chi connectivity index (χ1) is 19.9. The average Bonchev–Trinajstić information content (AvgIpc) is 3.38. The Morgan fingerprint density at radius 1 is 1.02 bits per heavy atom. The van der Waals surface area contributed by atoms with Crippen LogP contribution in [0.15, 0.2) is 84.0 Å². The number of fused-ring (bicyclic) bond motifs is 1. The number of ether oxygens (including phenoxy) is 1. The molecule has 4 rings (SSSR count). The van der Waals surface area contributed by atoms with Crippen molar-refractivity contribution in [1.29, 1.82) is 0 Å². The van der Waals surface area contributed by atoms with E-state index in [1.807, 2.05) is 0 Å². The standard InChI is InChI=1S/C37H50O4Si/c1-27(2)31-21-22-37(34(39)40-8)24-23-36(7,26-38)32(33(31)37)20-19-28(3)25-41-42(35(4,5)6,29-15-11-9-12-16-29)30-17-13-10-14-18-30/h9-18,26-27,32H,3,19-25H2,1-2,4-8H3/t32-,36+,37+/m1/s1. The maximum atomic E-state index is 13.3. The van der Waals surface area contributed by atoms with Crippen LogP contribution in [-0.2, 0) is 18.8 Å². The van der Waals surface area contributed by atoms with Crippen LogP contribution in [0.2, 0.25) is 5.04 Å². The molecule has 0 amide bonds. The molecule has 2 aromatic rings. The Labute approximate surface area is 254 Å². The van der Waals surface area contributed by atoms with E-state index in [9.17, 15) is 9.59 Å². The van der Waals surface area contributed by atoms with Gasteiger partial charge in [-0.05, 0) is 71.3 Å². The lowest BCUT2D eigenvalue weighted by molar-refractivity contribution is -0.154. The lowest BCUT2D eigenvalue weighted by Crippen LogP contribution is -2.66. The van der Waals surface area contributed by atoms with Crippen molar-refractivity contribution in [2.45, 2.75) is 85.1 Å². The molecule has 2 aromatic carbocycles. The lowest BCUT2D eigenvalue weighted by atomic mass is 9.55. The predicted molar refractivity (Wildman–Crippen MR) is 174 cm³/mol. The smallest absolute Gasteiger partial charge is 0.315 e. The number of esters is 1. The van der Waals surface area contributed by atoms with Crippen LogP contribution in [0.1, 0.15) is 80.1 Å². The Morgan fingerprint density at radius 3 is 2.07 bits per heavy atom. The zero-order chi connectivity index (χ0) is 30.8. The SMILES string of the molecule is C=C(CC[C@@H]1C2=C(C(C)C)CC[C@]2(C(=O)OC)CC[C@@]1(C)C=O)CO[Si](c1ccccc1)(c1ccccc1)C(C)(C)C. The first-order valence-corrected chi connectivity index (χ1v) is 17.5. The van der Waals surface area contributed by atoms with Crippen molar-refractivity contribution in [2.24, 2.45) is 22.7 Å². The van der Waals surface area contributed by atoms with Gasteiger partial charge in [-0.2, -0.15) is 0 Å². The zero-order valence-electron chi connectivity index (χ0n) is 26.8. The molecule has 0 radical (unpaired) electrons. The Balaban J connectivity index is 1.64. The maximum Gasteiger partial charge on any atom is 0.315 e. The van der Waals surface area contributed by atoms with Crippen molar-refractivity contribution in [3.8, 4) is 0 Å². The summed E-state index contributed by atoms with van der Waals surface area (Å²) >= 11 is 0. The van der Waals surface area contributed by atoms with Gasteiger partial charge in [0, 0.05) is 5.41 Å². The highest BCUT2D eigenvalue weighted by Crippen LogP contribution is 2.61. The molecule has 0 spiro atoms. The number of hydrogen-bond acceptors (Lipinski definition) is 4. The molecular formula is C37H50O4Si. The van der Waals surface area contributed by atoms with E-state index < -0.39 is 19.1 Å². The molecule has 0 bridgehead atoms. The molecule has 226 valence electrons. The number of carbonyl (C=O) groups is 2. The van der Waals surface area contributed by atoms with Crippen molar-refractivity contribution in [2.75, 3.05) is 13.7 Å². The normalized spacial score (nSPS) is 24.4. The minimum absolute atomic E-state index is 0.0210. The molecule has 0 unspecified atom stereocenters. The summed E-state index contributed by atoms with van der Waals surface area (Å²) in [4.78, 5) is 26.0. The van der Waals surface area contributed by atoms with Crippen molar-refractivity contribution in [3.63, 3.8) is 0 Å². The van der Waals surface area contributed by atoms with Gasteiger partial charge in [-0.1, -0.05) is 120 Å². The van der Waals surface area contributed by atoms with Gasteiger partial charge in [0.25, 0.3) is 8.32 Å². The second-order valence-corrected chi connectivity index (χ2v) is 18.4. The van der Waals surface area contributed by atoms with Crippen LogP contribution in [0, 0.1) is 22.7 Å². The number of hydrogen-bond donors (Lipinski definition) is 0. The number of benzene rings is 2. The molecule has 2 aliphatic carbocycles. The summed E-state index contributed by atoms with van der Waals surface area (Å²) in [5.74, 6) is 0.164. The summed E-state index contributed by atoms with van der Waals surface area (Å²) in [6.45, 7) is 18.3. The topological polar surface area (TPSA) is 52.6 Å². The minimum Gasteiger partial charge on any atom is -0.468 e. The van der Waals surface area contributed by atoms with Crippen molar-refractivity contribution >= 4 is 30.9 Å². The van der Waals surface area contributed by atoms with E-state index in [2.05, 4.69) is 109 Å². The van der Waals surface area contributed by atoms with E-state index in [-0.39, 0.29) is 16.9 Å². The van der Waals surface area contributed by atoms with Crippen LogP contribution in [-0.4, -0.2) is 34.3 Å². The fourth-order valence-corrected chi connectivity index (χ4v) is 12.4. The molecular weight excluding hydrogens is 536 g/mol. The predicted octanol–water partition coefficient (Wildman–Crippen LogP) is 7.42. The molecule has 1 fully saturated rings. The first kappa shape index (κ1) is 32.2. The second-order valence-electron chi connectivity index (χ2n) is 14.1. The molecule has 2 aliphatic rings. The zero-order valence-corrected chi connectivity index (χ0v) is 27.8. The molecule has 0 aliphatic heterocycles. The number of rotatable bonds is 11. The van der Waals surface area contributed by atoms with Crippen LogP contribution in [0.5, 0.6) is 0 Å². The van der Waals surface area contributed by atoms with Crippen LogP contribution >= 0.6 is 0 Å². The molecule has 42 heavy (non-hydrogen) atoms. The van der Waals surface area contributed by atoms with Crippen LogP contribution in [0.25, 0.3) is 0 Å². The third kappa shape index (κ3) is 5.62. The van der Waals surface area contributed by atoms with E-state index >= 15 is 0 Å². The van der Waals surface area contributed by atoms with Gasteiger partial charge in [0.15, 0.2) is 0 Å². The Kier molecular flexibility index (Phi) is 9.54. The summed E-state index contributed by atoms with van der Waals surface area (Å²) in [5.41, 5.74) is 2.43. The first-order valence-electron chi connectivity index (χ1n) is 15.6. The minimum atomic E-state index is -2.68. The second kappa shape index (κ2) is 12.5. The van der Waals surface area contributed by atoms with Gasteiger partial charge in [0.05, 0.1) is 19.1 Å². The summed E-state index contributed by atoms with van der Waals surface area (Å²) in [7, 11) is -1.19. The third-order valence-corrected chi connectivity index (χ3v) is 15.1. The molecule has 0 saturated heterocycles. The van der Waals surface area contributed by atoms with Crippen molar-refractivity contribution in [1.82, 2.24) is 0 Å². The van der Waals surface area contributed by atoms with Gasteiger partial charge in [-0.3, -0.25) is 4.79 Å². The van der Waals surface area contributed by atoms with Crippen molar-refractivity contribution < 1.29 is 18.8 Å². The summed E-state index contributed by atoms with van der Waals surface area (Å²) in [6, 6.07) is 21.3.